The second kappa shape index (κ2) is 5.53. The lowest BCUT2D eigenvalue weighted by Crippen LogP contribution is -2.39. The maximum absolute atomic E-state index is 4.40. The van der Waals surface area contributed by atoms with Crippen LogP contribution in [-0.2, 0) is 6.42 Å². The highest BCUT2D eigenvalue weighted by Gasteiger charge is 2.49. The quantitative estimate of drug-likeness (QED) is 0.856. The lowest BCUT2D eigenvalue weighted by Gasteiger charge is -2.38. The van der Waals surface area contributed by atoms with Crippen LogP contribution in [0.3, 0.4) is 0 Å². The summed E-state index contributed by atoms with van der Waals surface area (Å²) in [6.45, 7) is 6.74. The molecule has 1 aromatic rings. The predicted molar refractivity (Wildman–Crippen MR) is 81.6 cm³/mol. The van der Waals surface area contributed by atoms with E-state index in [0.29, 0.717) is 5.41 Å². The molecule has 2 fully saturated rings. The molecule has 2 nitrogen and oxygen atoms in total. The van der Waals surface area contributed by atoms with Crippen LogP contribution in [0.4, 0.5) is 0 Å². The molecule has 1 N–H and O–H groups in total. The fourth-order valence-corrected chi connectivity index (χ4v) is 5.25. The normalized spacial score (nSPS) is 33.2. The summed E-state index contributed by atoms with van der Waals surface area (Å²) in [5.74, 6) is 2.02. The summed E-state index contributed by atoms with van der Waals surface area (Å²) in [5, 5.41) is 3.65. The summed E-state index contributed by atoms with van der Waals surface area (Å²) in [5.41, 5.74) is 3.85. The number of aryl methyl sites for hydroxylation is 2. The van der Waals surface area contributed by atoms with Gasteiger partial charge >= 0.3 is 0 Å². The first kappa shape index (κ1) is 13.6. The van der Waals surface area contributed by atoms with Crippen molar-refractivity contribution in [2.45, 2.75) is 52.4 Å². The number of nitrogens with one attached hydrogen (secondary N) is 1. The van der Waals surface area contributed by atoms with Crippen molar-refractivity contribution in [2.75, 3.05) is 13.1 Å². The van der Waals surface area contributed by atoms with Crippen molar-refractivity contribution in [2.24, 2.45) is 17.3 Å². The molecule has 1 heterocycles. The molecule has 3 unspecified atom stereocenters. The van der Waals surface area contributed by atoms with E-state index in [1.165, 1.54) is 55.6 Å². The average Bonchev–Trinajstić information content (AvgIpc) is 3.10. The van der Waals surface area contributed by atoms with E-state index in [2.05, 4.69) is 24.1 Å². The summed E-state index contributed by atoms with van der Waals surface area (Å²) < 4.78 is 0. The Bertz CT molecular complexity index is 428. The molecule has 19 heavy (non-hydrogen) atoms. The molecule has 0 aromatic carbocycles. The lowest BCUT2D eigenvalue weighted by molar-refractivity contribution is 0.144. The predicted octanol–water partition coefficient (Wildman–Crippen LogP) is 3.80. The van der Waals surface area contributed by atoms with E-state index in [4.69, 9.17) is 0 Å². The topological polar surface area (TPSA) is 24.9 Å². The van der Waals surface area contributed by atoms with E-state index in [9.17, 15) is 0 Å². The molecular weight excluding hydrogens is 252 g/mol. The third-order valence-corrected chi connectivity index (χ3v) is 6.52. The first-order chi connectivity index (χ1) is 9.23. The van der Waals surface area contributed by atoms with Crippen LogP contribution in [0.25, 0.3) is 0 Å². The molecule has 2 bridgehead atoms. The molecule has 3 atom stereocenters. The monoisotopic (exact) mass is 278 g/mol. The van der Waals surface area contributed by atoms with Crippen LogP contribution in [-0.4, -0.2) is 18.1 Å². The van der Waals surface area contributed by atoms with Crippen LogP contribution in [0.1, 0.15) is 49.6 Å². The molecule has 0 radical (unpaired) electrons. The van der Waals surface area contributed by atoms with Crippen LogP contribution >= 0.6 is 11.3 Å². The molecule has 2 saturated carbocycles. The van der Waals surface area contributed by atoms with Gasteiger partial charge in [-0.2, -0.15) is 0 Å². The number of hydrogen-bond acceptors (Lipinski definition) is 3. The highest BCUT2D eigenvalue weighted by atomic mass is 32.1. The molecule has 0 amide bonds. The van der Waals surface area contributed by atoms with Gasteiger partial charge < -0.3 is 5.32 Å². The van der Waals surface area contributed by atoms with Crippen molar-refractivity contribution in [1.82, 2.24) is 10.3 Å². The van der Waals surface area contributed by atoms with Gasteiger partial charge in [0.05, 0.1) is 11.2 Å². The molecular formula is C16H26N2S. The molecule has 106 valence electrons. The van der Waals surface area contributed by atoms with Crippen molar-refractivity contribution in [3.05, 3.63) is 16.1 Å². The van der Waals surface area contributed by atoms with Gasteiger partial charge in [-0.3, -0.25) is 0 Å². The zero-order valence-corrected chi connectivity index (χ0v) is 13.1. The molecule has 2 aliphatic rings. The second-order valence-electron chi connectivity index (χ2n) is 6.58. The molecule has 3 rings (SSSR count). The van der Waals surface area contributed by atoms with Crippen molar-refractivity contribution in [3.63, 3.8) is 0 Å². The number of fused-ring (bicyclic) bond motifs is 2. The Labute approximate surface area is 121 Å². The van der Waals surface area contributed by atoms with Gasteiger partial charge in [-0.25, -0.2) is 4.98 Å². The molecule has 0 aliphatic heterocycles. The van der Waals surface area contributed by atoms with Gasteiger partial charge in [0.1, 0.15) is 0 Å². The smallest absolute Gasteiger partial charge is 0.0797 e. The molecule has 1 aromatic heterocycles. The van der Waals surface area contributed by atoms with Gasteiger partial charge in [0.25, 0.3) is 0 Å². The minimum atomic E-state index is 0.593. The molecule has 0 saturated heterocycles. The number of thiazole rings is 1. The van der Waals surface area contributed by atoms with Gasteiger partial charge in [-0.15, -0.1) is 11.3 Å². The molecule has 2 aliphatic carbocycles. The fourth-order valence-electron chi connectivity index (χ4n) is 4.47. The van der Waals surface area contributed by atoms with E-state index in [1.54, 1.807) is 0 Å². The van der Waals surface area contributed by atoms with Gasteiger partial charge in [0.15, 0.2) is 0 Å². The Kier molecular flexibility index (Phi) is 3.95. The summed E-state index contributed by atoms with van der Waals surface area (Å²) >= 11 is 1.84. The number of rotatable bonds is 6. The van der Waals surface area contributed by atoms with Crippen LogP contribution in [0.15, 0.2) is 5.51 Å². The lowest BCUT2D eigenvalue weighted by atomic mass is 9.70. The van der Waals surface area contributed by atoms with Gasteiger partial charge in [0, 0.05) is 11.4 Å². The second-order valence-corrected chi connectivity index (χ2v) is 7.52. The highest BCUT2D eigenvalue weighted by Crippen LogP contribution is 2.57. The first-order valence-electron chi connectivity index (χ1n) is 7.83. The van der Waals surface area contributed by atoms with Crippen molar-refractivity contribution < 1.29 is 0 Å². The Balaban J connectivity index is 1.68. The van der Waals surface area contributed by atoms with Crippen LogP contribution in [0, 0.1) is 24.2 Å². The summed E-state index contributed by atoms with van der Waals surface area (Å²) in [7, 11) is 0. The third-order valence-electron chi connectivity index (χ3n) is 5.52. The maximum atomic E-state index is 4.40. The Hall–Kier alpha value is -0.410. The van der Waals surface area contributed by atoms with Gasteiger partial charge in [0.2, 0.25) is 0 Å². The number of nitrogens with zero attached hydrogens (tertiary/aromatic N) is 1. The third kappa shape index (κ3) is 2.59. The van der Waals surface area contributed by atoms with E-state index in [-0.39, 0.29) is 0 Å². The highest BCUT2D eigenvalue weighted by molar-refractivity contribution is 7.09. The number of aromatic nitrogens is 1. The SMILES string of the molecule is CCNCC1(CCc2scnc2C)CC2CCC1C2. The fraction of sp³-hybridized carbons (Fsp3) is 0.812. The minimum Gasteiger partial charge on any atom is -0.316 e. The molecule has 3 heteroatoms. The maximum Gasteiger partial charge on any atom is 0.0797 e. The minimum absolute atomic E-state index is 0.593. The Morgan fingerprint density at radius 1 is 1.47 bits per heavy atom. The summed E-state index contributed by atoms with van der Waals surface area (Å²) in [6, 6.07) is 0. The number of hydrogen-bond donors (Lipinski definition) is 1. The van der Waals surface area contributed by atoms with Gasteiger partial charge in [-0.1, -0.05) is 13.3 Å². The zero-order valence-electron chi connectivity index (χ0n) is 12.2. The van der Waals surface area contributed by atoms with Crippen LogP contribution in [0.5, 0.6) is 0 Å². The average molecular weight is 278 g/mol. The van der Waals surface area contributed by atoms with E-state index in [1.807, 2.05) is 16.8 Å². The van der Waals surface area contributed by atoms with E-state index in [0.717, 1.165) is 18.4 Å². The standard InChI is InChI=1S/C16H26N2S/c1-3-17-10-16(9-13-4-5-14(16)8-13)7-6-15-12(2)18-11-19-15/h11,13-14,17H,3-10H2,1-2H3. The van der Waals surface area contributed by atoms with Crippen molar-refractivity contribution in [3.8, 4) is 0 Å². The van der Waals surface area contributed by atoms with Gasteiger partial charge in [-0.05, 0) is 62.8 Å². The van der Waals surface area contributed by atoms with E-state index < -0.39 is 0 Å². The summed E-state index contributed by atoms with van der Waals surface area (Å²) in [4.78, 5) is 5.91. The van der Waals surface area contributed by atoms with Crippen LogP contribution < -0.4 is 5.32 Å². The molecule has 0 spiro atoms. The summed E-state index contributed by atoms with van der Waals surface area (Å²) in [6.07, 6.45) is 8.57. The van der Waals surface area contributed by atoms with Crippen LogP contribution in [0.2, 0.25) is 0 Å². The van der Waals surface area contributed by atoms with Crippen molar-refractivity contribution in [1.29, 1.82) is 0 Å². The zero-order chi connectivity index (χ0) is 13.3. The van der Waals surface area contributed by atoms with E-state index >= 15 is 0 Å². The van der Waals surface area contributed by atoms with Crippen molar-refractivity contribution >= 4 is 11.3 Å². The Morgan fingerprint density at radius 2 is 2.37 bits per heavy atom. The Morgan fingerprint density at radius 3 is 2.95 bits per heavy atom. The first-order valence-corrected chi connectivity index (χ1v) is 8.71. The largest absolute Gasteiger partial charge is 0.316 e.